The van der Waals surface area contributed by atoms with Gasteiger partial charge >= 0.3 is 5.97 Å². The third-order valence-corrected chi connectivity index (χ3v) is 4.56. The smallest absolute Gasteiger partial charge is 0.343 e. The summed E-state index contributed by atoms with van der Waals surface area (Å²) in [5, 5.41) is 10.1. The summed E-state index contributed by atoms with van der Waals surface area (Å²) in [5.41, 5.74) is 0.973. The number of ether oxygens (including phenoxy) is 1. The Labute approximate surface area is 172 Å². The molecule has 0 saturated heterocycles. The van der Waals surface area contributed by atoms with Gasteiger partial charge in [-0.3, -0.25) is 9.36 Å². The molecule has 1 amide bonds. The molecule has 1 aromatic carbocycles. The first-order valence-electron chi connectivity index (χ1n) is 8.73. The van der Waals surface area contributed by atoms with Gasteiger partial charge < -0.3 is 14.1 Å². The molecule has 2 aromatic heterocycles. The number of hydrogen-bond acceptors (Lipinski definition) is 5. The van der Waals surface area contributed by atoms with Gasteiger partial charge in [0.1, 0.15) is 23.0 Å². The first kappa shape index (κ1) is 20.2. The minimum atomic E-state index is -0.783. The zero-order valence-corrected chi connectivity index (χ0v) is 16.6. The summed E-state index contributed by atoms with van der Waals surface area (Å²) in [5.74, 6) is -0.682. The quantitative estimate of drug-likeness (QED) is 0.577. The number of halogens is 1. The number of nitrogens with zero attached hydrogens (tertiary/aromatic N) is 3. The van der Waals surface area contributed by atoms with Crippen molar-refractivity contribution in [3.8, 4) is 12.0 Å². The Balaban J connectivity index is 1.67. The van der Waals surface area contributed by atoms with Crippen molar-refractivity contribution in [3.05, 3.63) is 76.3 Å². The molecule has 0 saturated carbocycles. The van der Waals surface area contributed by atoms with Gasteiger partial charge in [0.05, 0.1) is 0 Å². The lowest BCUT2D eigenvalue weighted by molar-refractivity contribution is -0.133. The van der Waals surface area contributed by atoms with E-state index in [0.717, 1.165) is 5.56 Å². The van der Waals surface area contributed by atoms with Crippen LogP contribution in [0.4, 0.5) is 0 Å². The van der Waals surface area contributed by atoms with Crippen LogP contribution in [0, 0.1) is 18.3 Å². The number of amides is 1. The molecule has 148 valence electrons. The zero-order valence-electron chi connectivity index (χ0n) is 15.9. The van der Waals surface area contributed by atoms with Crippen LogP contribution in [0.3, 0.4) is 0 Å². The molecule has 0 bridgehead atoms. The van der Waals surface area contributed by atoms with Crippen LogP contribution in [0.1, 0.15) is 27.2 Å². The van der Waals surface area contributed by atoms with Crippen LogP contribution >= 0.6 is 11.6 Å². The summed E-state index contributed by atoms with van der Waals surface area (Å²) >= 11 is 5.86. The average Bonchev–Trinajstić information content (AvgIpc) is 3.34. The van der Waals surface area contributed by atoms with E-state index in [1.165, 1.54) is 4.90 Å². The number of rotatable bonds is 6. The third-order valence-electron chi connectivity index (χ3n) is 4.31. The predicted molar refractivity (Wildman–Crippen MR) is 106 cm³/mol. The van der Waals surface area contributed by atoms with Crippen LogP contribution in [-0.2, 0) is 16.1 Å². The second-order valence-corrected chi connectivity index (χ2v) is 6.80. The Morgan fingerprint density at radius 3 is 2.52 bits per heavy atom. The first-order valence-corrected chi connectivity index (χ1v) is 9.11. The fourth-order valence-corrected chi connectivity index (χ4v) is 2.92. The lowest BCUT2D eigenvalue weighted by Crippen LogP contribution is -2.31. The Bertz CT molecular complexity index is 1060. The minimum Gasteiger partial charge on any atom is -0.452 e. The molecule has 0 fully saturated rings. The molecular formula is C21H18ClN3O4. The predicted octanol–water partition coefficient (Wildman–Crippen LogP) is 3.72. The molecule has 0 atom stereocenters. The van der Waals surface area contributed by atoms with E-state index in [1.807, 2.05) is 18.2 Å². The van der Waals surface area contributed by atoms with Crippen molar-refractivity contribution < 1.29 is 18.7 Å². The number of likely N-dealkylation sites (N-methyl/N-ethyl adjacent to an activating group) is 1. The van der Waals surface area contributed by atoms with Gasteiger partial charge in [0, 0.05) is 31.0 Å². The van der Waals surface area contributed by atoms with Crippen molar-refractivity contribution in [2.24, 2.45) is 0 Å². The molecule has 3 rings (SSSR count). The van der Waals surface area contributed by atoms with Crippen LogP contribution in [0.2, 0.25) is 5.02 Å². The van der Waals surface area contributed by atoms with Crippen LogP contribution in [0.5, 0.6) is 0 Å². The Morgan fingerprint density at radius 2 is 1.90 bits per heavy atom. The number of nitriles is 1. The maximum atomic E-state index is 12.5. The summed E-state index contributed by atoms with van der Waals surface area (Å²) in [4.78, 5) is 26.3. The largest absolute Gasteiger partial charge is 0.452 e. The van der Waals surface area contributed by atoms with E-state index in [4.69, 9.17) is 20.8 Å². The van der Waals surface area contributed by atoms with Gasteiger partial charge in [0.2, 0.25) is 5.88 Å². The summed E-state index contributed by atoms with van der Waals surface area (Å²) < 4.78 is 12.3. The molecule has 0 spiro atoms. The van der Waals surface area contributed by atoms with E-state index < -0.39 is 12.6 Å². The van der Waals surface area contributed by atoms with E-state index in [0.29, 0.717) is 11.6 Å². The SMILES string of the molecule is Cc1oc(-n2cccc2)c(C#N)c1C(=O)OCC(=O)N(C)Cc1ccc(Cl)cc1. The second-order valence-electron chi connectivity index (χ2n) is 6.37. The minimum absolute atomic E-state index is 0.0179. The number of furan rings is 1. The fourth-order valence-electron chi connectivity index (χ4n) is 2.79. The van der Waals surface area contributed by atoms with E-state index in [9.17, 15) is 14.9 Å². The molecule has 8 heteroatoms. The third kappa shape index (κ3) is 4.50. The van der Waals surface area contributed by atoms with Crippen molar-refractivity contribution in [2.45, 2.75) is 13.5 Å². The van der Waals surface area contributed by atoms with Crippen molar-refractivity contribution >= 4 is 23.5 Å². The van der Waals surface area contributed by atoms with Crippen molar-refractivity contribution in [1.82, 2.24) is 9.47 Å². The molecule has 0 unspecified atom stereocenters. The van der Waals surface area contributed by atoms with Crippen LogP contribution < -0.4 is 0 Å². The van der Waals surface area contributed by atoms with Gasteiger partial charge in [-0.15, -0.1) is 0 Å². The normalized spacial score (nSPS) is 10.4. The average molecular weight is 412 g/mol. The number of benzene rings is 1. The first-order chi connectivity index (χ1) is 13.9. The van der Waals surface area contributed by atoms with E-state index in [1.54, 1.807) is 55.2 Å². The van der Waals surface area contributed by atoms with Crippen molar-refractivity contribution in [2.75, 3.05) is 13.7 Å². The van der Waals surface area contributed by atoms with Crippen molar-refractivity contribution in [3.63, 3.8) is 0 Å². The number of esters is 1. The Kier molecular flexibility index (Phi) is 6.05. The Hall–Kier alpha value is -3.50. The van der Waals surface area contributed by atoms with Gasteiger partial charge in [0.15, 0.2) is 6.61 Å². The monoisotopic (exact) mass is 411 g/mol. The second kappa shape index (κ2) is 8.67. The van der Waals surface area contributed by atoms with Crippen molar-refractivity contribution in [1.29, 1.82) is 5.26 Å². The standard InChI is InChI=1S/C21H18ClN3O4/c1-14-19(17(11-23)20(29-14)25-9-3-4-10-25)21(27)28-13-18(26)24(2)12-15-5-7-16(22)8-6-15/h3-10H,12-13H2,1-2H3. The fraction of sp³-hybridized carbons (Fsp3) is 0.190. The van der Waals surface area contributed by atoms with Gasteiger partial charge in [-0.25, -0.2) is 4.79 Å². The van der Waals surface area contributed by atoms with Crippen LogP contribution in [-0.4, -0.2) is 35.0 Å². The molecule has 2 heterocycles. The van der Waals surface area contributed by atoms with Crippen LogP contribution in [0.15, 0.2) is 53.2 Å². The van der Waals surface area contributed by atoms with E-state index >= 15 is 0 Å². The molecule has 0 aliphatic heterocycles. The molecule has 3 aromatic rings. The van der Waals surface area contributed by atoms with Gasteiger partial charge in [-0.2, -0.15) is 5.26 Å². The van der Waals surface area contributed by atoms with Crippen LogP contribution in [0.25, 0.3) is 5.88 Å². The molecule has 0 radical (unpaired) electrons. The van der Waals surface area contributed by atoms with Gasteiger partial charge in [-0.05, 0) is 36.8 Å². The highest BCUT2D eigenvalue weighted by Crippen LogP contribution is 2.26. The summed E-state index contributed by atoms with van der Waals surface area (Å²) in [6.07, 6.45) is 3.40. The molecule has 29 heavy (non-hydrogen) atoms. The number of aryl methyl sites for hydroxylation is 1. The summed E-state index contributed by atoms with van der Waals surface area (Å²) in [6.45, 7) is 1.47. The van der Waals surface area contributed by atoms with Gasteiger partial charge in [0.25, 0.3) is 5.91 Å². The van der Waals surface area contributed by atoms with E-state index in [2.05, 4.69) is 0 Å². The molecule has 0 aliphatic rings. The number of hydrogen-bond donors (Lipinski definition) is 0. The van der Waals surface area contributed by atoms with Gasteiger partial charge in [-0.1, -0.05) is 23.7 Å². The number of carbonyl (C=O) groups is 2. The maximum Gasteiger partial charge on any atom is 0.343 e. The number of aromatic nitrogens is 1. The lowest BCUT2D eigenvalue weighted by atomic mass is 10.1. The lowest BCUT2D eigenvalue weighted by Gasteiger charge is -2.17. The maximum absolute atomic E-state index is 12.5. The summed E-state index contributed by atoms with van der Waals surface area (Å²) in [6, 6.07) is 12.6. The highest BCUT2D eigenvalue weighted by Gasteiger charge is 2.26. The zero-order chi connectivity index (χ0) is 21.0. The Morgan fingerprint density at radius 1 is 1.24 bits per heavy atom. The molecular weight excluding hydrogens is 394 g/mol. The topological polar surface area (TPSA) is 88.5 Å². The highest BCUT2D eigenvalue weighted by molar-refractivity contribution is 6.30. The molecule has 0 N–H and O–H groups in total. The highest BCUT2D eigenvalue weighted by atomic mass is 35.5. The molecule has 7 nitrogen and oxygen atoms in total. The summed E-state index contributed by atoms with van der Waals surface area (Å²) in [7, 11) is 1.61. The van der Waals surface area contributed by atoms with E-state index in [-0.39, 0.29) is 28.7 Å². The molecule has 0 aliphatic carbocycles. The number of carbonyl (C=O) groups excluding carboxylic acids is 2.